The zero-order chi connectivity index (χ0) is 38.9. The van der Waals surface area contributed by atoms with Crippen LogP contribution >= 0.6 is 0 Å². The Balaban J connectivity index is 2.40. The molecular formula is C42H76O11. The number of carboxylic acid groups (broad SMARTS) is 1. The van der Waals surface area contributed by atoms with E-state index < -0.39 is 54.7 Å². The fourth-order valence-electron chi connectivity index (χ4n) is 6.46. The molecule has 6 unspecified atom stereocenters. The molecule has 0 aromatic heterocycles. The van der Waals surface area contributed by atoms with E-state index in [2.05, 4.69) is 26.0 Å². The average Bonchev–Trinajstić information content (AvgIpc) is 3.14. The van der Waals surface area contributed by atoms with Gasteiger partial charge in [0.05, 0.1) is 6.61 Å². The Labute approximate surface area is 320 Å². The van der Waals surface area contributed by atoms with E-state index in [0.29, 0.717) is 12.8 Å². The first-order valence-corrected chi connectivity index (χ1v) is 21.2. The van der Waals surface area contributed by atoms with Crippen molar-refractivity contribution in [1.82, 2.24) is 0 Å². The van der Waals surface area contributed by atoms with Gasteiger partial charge in [-0.2, -0.15) is 0 Å². The van der Waals surface area contributed by atoms with Gasteiger partial charge in [-0.1, -0.05) is 148 Å². The van der Waals surface area contributed by atoms with E-state index >= 15 is 0 Å². The van der Waals surface area contributed by atoms with Gasteiger partial charge in [0.1, 0.15) is 24.9 Å². The van der Waals surface area contributed by atoms with Crippen molar-refractivity contribution in [2.45, 2.75) is 224 Å². The molecule has 0 amide bonds. The number of esters is 2. The first-order chi connectivity index (χ1) is 25.7. The maximum Gasteiger partial charge on any atom is 0.335 e. The standard InChI is InChI=1S/C42H76O11/c1-3-5-7-9-11-13-15-17-18-19-21-23-25-27-29-31-36(44)52-34(33-51-42-39(47)37(45)38(46)40(53-42)41(48)49)32-50-35(43)30-28-26-24-22-20-16-14-12-10-8-6-4-2/h12,14,34,37-40,42,45-47H,3-11,13,15-33H2,1-2H3,(H,48,49)/b14-12-. The van der Waals surface area contributed by atoms with Crippen molar-refractivity contribution in [3.05, 3.63) is 12.2 Å². The summed E-state index contributed by atoms with van der Waals surface area (Å²) in [6.07, 6.45) is 24.1. The van der Waals surface area contributed by atoms with E-state index in [9.17, 15) is 34.8 Å². The van der Waals surface area contributed by atoms with Gasteiger partial charge in [0.25, 0.3) is 0 Å². The Morgan fingerprint density at radius 2 is 1.00 bits per heavy atom. The highest BCUT2D eigenvalue weighted by Gasteiger charge is 2.47. The van der Waals surface area contributed by atoms with Gasteiger partial charge in [-0.05, 0) is 38.5 Å². The fraction of sp³-hybridized carbons (Fsp3) is 0.881. The second-order valence-electron chi connectivity index (χ2n) is 14.8. The lowest BCUT2D eigenvalue weighted by Gasteiger charge is -2.38. The first kappa shape index (κ1) is 49.0. The quantitative estimate of drug-likeness (QED) is 0.0278. The molecule has 1 saturated heterocycles. The van der Waals surface area contributed by atoms with E-state index in [4.69, 9.17) is 18.9 Å². The molecule has 1 aliphatic rings. The van der Waals surface area contributed by atoms with Gasteiger partial charge in [-0.15, -0.1) is 0 Å². The van der Waals surface area contributed by atoms with Crippen molar-refractivity contribution in [3.8, 4) is 0 Å². The Morgan fingerprint density at radius 3 is 1.51 bits per heavy atom. The number of rotatable bonds is 35. The van der Waals surface area contributed by atoms with Crippen LogP contribution in [0.1, 0.15) is 187 Å². The van der Waals surface area contributed by atoms with Crippen LogP contribution in [-0.2, 0) is 33.3 Å². The minimum atomic E-state index is -1.86. The van der Waals surface area contributed by atoms with E-state index in [0.717, 1.165) is 57.8 Å². The number of aliphatic carboxylic acids is 1. The van der Waals surface area contributed by atoms with Gasteiger partial charge in [-0.3, -0.25) is 9.59 Å². The second kappa shape index (κ2) is 33.3. The summed E-state index contributed by atoms with van der Waals surface area (Å²) in [6.45, 7) is 3.78. The lowest BCUT2D eigenvalue weighted by Crippen LogP contribution is -2.60. The largest absolute Gasteiger partial charge is 0.479 e. The molecule has 1 heterocycles. The summed E-state index contributed by atoms with van der Waals surface area (Å²) in [5.41, 5.74) is 0. The summed E-state index contributed by atoms with van der Waals surface area (Å²) < 4.78 is 21.7. The normalized spacial score (nSPS) is 20.8. The van der Waals surface area contributed by atoms with Crippen LogP contribution in [-0.4, -0.2) is 88.4 Å². The molecule has 53 heavy (non-hydrogen) atoms. The summed E-state index contributed by atoms with van der Waals surface area (Å²) in [7, 11) is 0. The Hall–Kier alpha value is -2.05. The molecule has 1 rings (SSSR count). The summed E-state index contributed by atoms with van der Waals surface area (Å²) in [6, 6.07) is 0. The summed E-state index contributed by atoms with van der Waals surface area (Å²) >= 11 is 0. The molecule has 0 bridgehead atoms. The molecule has 0 spiro atoms. The zero-order valence-electron chi connectivity index (χ0n) is 33.3. The van der Waals surface area contributed by atoms with Gasteiger partial charge < -0.3 is 39.4 Å². The van der Waals surface area contributed by atoms with Crippen LogP contribution in [0.25, 0.3) is 0 Å². The summed E-state index contributed by atoms with van der Waals surface area (Å²) in [5.74, 6) is -2.45. The number of ether oxygens (including phenoxy) is 4. The second-order valence-corrected chi connectivity index (χ2v) is 14.8. The highest BCUT2D eigenvalue weighted by molar-refractivity contribution is 5.73. The predicted molar refractivity (Wildman–Crippen MR) is 206 cm³/mol. The van der Waals surface area contributed by atoms with Crippen LogP contribution in [0.4, 0.5) is 0 Å². The monoisotopic (exact) mass is 757 g/mol. The molecule has 0 radical (unpaired) electrons. The molecule has 0 saturated carbocycles. The molecule has 0 aromatic rings. The number of hydrogen-bond acceptors (Lipinski definition) is 10. The molecule has 0 aliphatic carbocycles. The third-order valence-corrected chi connectivity index (χ3v) is 9.86. The van der Waals surface area contributed by atoms with Crippen LogP contribution in [0.15, 0.2) is 12.2 Å². The topological polar surface area (TPSA) is 169 Å². The fourth-order valence-corrected chi connectivity index (χ4v) is 6.46. The number of aliphatic hydroxyl groups is 3. The highest BCUT2D eigenvalue weighted by Crippen LogP contribution is 2.23. The maximum absolute atomic E-state index is 12.7. The van der Waals surface area contributed by atoms with Crippen molar-refractivity contribution < 1.29 is 53.8 Å². The predicted octanol–water partition coefficient (Wildman–Crippen LogP) is 8.48. The zero-order valence-corrected chi connectivity index (χ0v) is 33.3. The Bertz CT molecular complexity index is 942. The maximum atomic E-state index is 12.7. The number of aliphatic hydroxyl groups excluding tert-OH is 3. The van der Waals surface area contributed by atoms with Gasteiger partial charge >= 0.3 is 17.9 Å². The number of carbonyl (C=O) groups excluding carboxylic acids is 2. The number of carboxylic acids is 1. The van der Waals surface area contributed by atoms with Crippen molar-refractivity contribution in [3.63, 3.8) is 0 Å². The smallest absolute Gasteiger partial charge is 0.335 e. The van der Waals surface area contributed by atoms with E-state index in [1.807, 2.05) is 0 Å². The molecule has 11 nitrogen and oxygen atoms in total. The van der Waals surface area contributed by atoms with E-state index in [1.54, 1.807) is 0 Å². The third kappa shape index (κ3) is 25.6. The molecule has 6 atom stereocenters. The Kier molecular flexibility index (Phi) is 30.8. The van der Waals surface area contributed by atoms with Gasteiger partial charge in [0.2, 0.25) is 0 Å². The Morgan fingerprint density at radius 1 is 0.566 bits per heavy atom. The van der Waals surface area contributed by atoms with Crippen molar-refractivity contribution in [1.29, 1.82) is 0 Å². The van der Waals surface area contributed by atoms with Crippen LogP contribution < -0.4 is 0 Å². The van der Waals surface area contributed by atoms with Gasteiger partial charge in [0, 0.05) is 12.8 Å². The number of hydrogen-bond donors (Lipinski definition) is 4. The summed E-state index contributed by atoms with van der Waals surface area (Å²) in [5, 5.41) is 39.7. The van der Waals surface area contributed by atoms with Crippen LogP contribution in [0, 0.1) is 0 Å². The highest BCUT2D eigenvalue weighted by atomic mass is 16.7. The van der Waals surface area contributed by atoms with E-state index in [-0.39, 0.29) is 26.1 Å². The minimum absolute atomic E-state index is 0.186. The first-order valence-electron chi connectivity index (χ1n) is 21.2. The van der Waals surface area contributed by atoms with Crippen LogP contribution in [0.2, 0.25) is 0 Å². The van der Waals surface area contributed by atoms with Gasteiger partial charge in [-0.25, -0.2) is 4.79 Å². The molecule has 1 aliphatic heterocycles. The number of carbonyl (C=O) groups is 3. The minimum Gasteiger partial charge on any atom is -0.479 e. The van der Waals surface area contributed by atoms with Crippen molar-refractivity contribution in [2.75, 3.05) is 13.2 Å². The number of unbranched alkanes of at least 4 members (excludes halogenated alkanes) is 22. The van der Waals surface area contributed by atoms with Gasteiger partial charge in [0.15, 0.2) is 18.5 Å². The molecule has 1 fully saturated rings. The third-order valence-electron chi connectivity index (χ3n) is 9.86. The average molecular weight is 757 g/mol. The van der Waals surface area contributed by atoms with Crippen molar-refractivity contribution in [2.24, 2.45) is 0 Å². The lowest BCUT2D eigenvalue weighted by molar-refractivity contribution is -0.298. The SMILES string of the molecule is CCCCC/C=C\CCCCCCCC(=O)OCC(COC1OC(C(=O)O)C(O)C(O)C1O)OC(=O)CCCCCCCCCCCCCCCCC. The molecule has 4 N–H and O–H groups in total. The molecule has 310 valence electrons. The molecule has 0 aromatic carbocycles. The van der Waals surface area contributed by atoms with Crippen LogP contribution in [0.5, 0.6) is 0 Å². The molecule has 11 heteroatoms. The van der Waals surface area contributed by atoms with Crippen LogP contribution in [0.3, 0.4) is 0 Å². The lowest BCUT2D eigenvalue weighted by atomic mass is 9.99. The van der Waals surface area contributed by atoms with E-state index in [1.165, 1.54) is 89.9 Å². The molecular weight excluding hydrogens is 680 g/mol. The summed E-state index contributed by atoms with van der Waals surface area (Å²) in [4.78, 5) is 36.7. The van der Waals surface area contributed by atoms with Crippen molar-refractivity contribution >= 4 is 17.9 Å². The number of allylic oxidation sites excluding steroid dienone is 2.